The van der Waals surface area contributed by atoms with Gasteiger partial charge in [-0.2, -0.15) is 0 Å². The Morgan fingerprint density at radius 2 is 2.12 bits per heavy atom. The Labute approximate surface area is 105 Å². The zero-order valence-corrected chi connectivity index (χ0v) is 10.3. The first-order valence-corrected chi connectivity index (χ1v) is 6.75. The maximum absolute atomic E-state index is 6.38. The summed E-state index contributed by atoms with van der Waals surface area (Å²) in [6.07, 6.45) is 0.996. The molecule has 88 valence electrons. The molecule has 17 heavy (non-hydrogen) atoms. The SMILES string of the molecule is NC(c1cccs1)C1CCOc2ccccc21. The van der Waals surface area contributed by atoms with Gasteiger partial charge in [-0.05, 0) is 29.5 Å². The summed E-state index contributed by atoms with van der Waals surface area (Å²) in [4.78, 5) is 1.26. The Hall–Kier alpha value is -1.32. The van der Waals surface area contributed by atoms with Gasteiger partial charge >= 0.3 is 0 Å². The minimum absolute atomic E-state index is 0.0834. The van der Waals surface area contributed by atoms with E-state index in [1.807, 2.05) is 12.1 Å². The number of hydrogen-bond acceptors (Lipinski definition) is 3. The fourth-order valence-corrected chi connectivity index (χ4v) is 3.21. The molecule has 2 N–H and O–H groups in total. The van der Waals surface area contributed by atoms with Crippen molar-refractivity contribution >= 4 is 11.3 Å². The minimum atomic E-state index is 0.0834. The minimum Gasteiger partial charge on any atom is -0.493 e. The van der Waals surface area contributed by atoms with Gasteiger partial charge in [0.05, 0.1) is 6.61 Å². The molecule has 0 bridgehead atoms. The lowest BCUT2D eigenvalue weighted by Gasteiger charge is -2.29. The average Bonchev–Trinajstić information content (AvgIpc) is 2.91. The van der Waals surface area contributed by atoms with Crippen LogP contribution in [-0.2, 0) is 0 Å². The van der Waals surface area contributed by atoms with Crippen LogP contribution in [0.3, 0.4) is 0 Å². The van der Waals surface area contributed by atoms with Gasteiger partial charge in [-0.3, -0.25) is 0 Å². The molecule has 1 aliphatic rings. The van der Waals surface area contributed by atoms with Crippen molar-refractivity contribution in [1.82, 2.24) is 0 Å². The molecule has 3 heteroatoms. The maximum atomic E-state index is 6.38. The second-order valence-electron chi connectivity index (χ2n) is 4.32. The zero-order chi connectivity index (χ0) is 11.7. The highest BCUT2D eigenvalue weighted by atomic mass is 32.1. The van der Waals surface area contributed by atoms with Crippen LogP contribution in [0.4, 0.5) is 0 Å². The first-order valence-electron chi connectivity index (χ1n) is 5.87. The van der Waals surface area contributed by atoms with E-state index in [-0.39, 0.29) is 6.04 Å². The van der Waals surface area contributed by atoms with Crippen molar-refractivity contribution in [3.8, 4) is 5.75 Å². The molecule has 0 spiro atoms. The molecular formula is C14H15NOS. The molecule has 0 saturated carbocycles. The molecule has 1 aromatic heterocycles. The summed E-state index contributed by atoms with van der Waals surface area (Å²) in [6, 6.07) is 12.5. The number of para-hydroxylation sites is 1. The summed E-state index contributed by atoms with van der Waals surface area (Å²) in [5.74, 6) is 1.37. The zero-order valence-electron chi connectivity index (χ0n) is 9.50. The lowest BCUT2D eigenvalue weighted by Crippen LogP contribution is -2.24. The average molecular weight is 245 g/mol. The largest absolute Gasteiger partial charge is 0.493 e. The Bertz CT molecular complexity index is 495. The van der Waals surface area contributed by atoms with Gasteiger partial charge in [-0.25, -0.2) is 0 Å². The highest BCUT2D eigenvalue weighted by Crippen LogP contribution is 2.40. The highest BCUT2D eigenvalue weighted by Gasteiger charge is 2.27. The molecule has 2 unspecified atom stereocenters. The van der Waals surface area contributed by atoms with Gasteiger partial charge in [0.15, 0.2) is 0 Å². The predicted molar refractivity (Wildman–Crippen MR) is 70.5 cm³/mol. The van der Waals surface area contributed by atoms with Crippen molar-refractivity contribution in [3.63, 3.8) is 0 Å². The summed E-state index contributed by atoms with van der Waals surface area (Å²) < 4.78 is 5.67. The highest BCUT2D eigenvalue weighted by molar-refractivity contribution is 7.10. The van der Waals surface area contributed by atoms with Crippen LogP contribution in [0.1, 0.15) is 28.8 Å². The summed E-state index contributed by atoms with van der Waals surface area (Å²) in [6.45, 7) is 0.765. The standard InChI is InChI=1S/C14H15NOS/c15-14(13-6-3-9-17-13)11-7-8-16-12-5-2-1-4-10(11)12/h1-6,9,11,14H,7-8,15H2. The molecule has 1 aliphatic heterocycles. The molecule has 0 fully saturated rings. The van der Waals surface area contributed by atoms with E-state index >= 15 is 0 Å². The number of rotatable bonds is 2. The van der Waals surface area contributed by atoms with E-state index in [0.29, 0.717) is 5.92 Å². The van der Waals surface area contributed by atoms with E-state index in [0.717, 1.165) is 18.8 Å². The van der Waals surface area contributed by atoms with Crippen LogP contribution < -0.4 is 10.5 Å². The topological polar surface area (TPSA) is 35.2 Å². The van der Waals surface area contributed by atoms with Gasteiger partial charge in [-0.15, -0.1) is 11.3 Å². The summed E-state index contributed by atoms with van der Waals surface area (Å²) in [7, 11) is 0. The Morgan fingerprint density at radius 1 is 1.24 bits per heavy atom. The summed E-state index contributed by atoms with van der Waals surface area (Å²) in [5, 5.41) is 2.08. The van der Waals surface area contributed by atoms with Crippen molar-refractivity contribution in [2.24, 2.45) is 5.73 Å². The quantitative estimate of drug-likeness (QED) is 0.881. The van der Waals surface area contributed by atoms with Crippen LogP contribution in [-0.4, -0.2) is 6.61 Å². The number of nitrogens with two attached hydrogens (primary N) is 1. The van der Waals surface area contributed by atoms with E-state index in [1.165, 1.54) is 10.4 Å². The molecular weight excluding hydrogens is 230 g/mol. The number of ether oxygens (including phenoxy) is 1. The second-order valence-corrected chi connectivity index (χ2v) is 5.30. The Kier molecular flexibility index (Phi) is 2.87. The van der Waals surface area contributed by atoms with Gasteiger partial charge in [0.2, 0.25) is 0 Å². The van der Waals surface area contributed by atoms with E-state index in [2.05, 4.69) is 29.6 Å². The molecule has 0 aliphatic carbocycles. The van der Waals surface area contributed by atoms with Gasteiger partial charge in [0, 0.05) is 16.8 Å². The third-order valence-electron chi connectivity index (χ3n) is 3.31. The van der Waals surface area contributed by atoms with Gasteiger partial charge in [0.1, 0.15) is 5.75 Å². The van der Waals surface area contributed by atoms with Crippen molar-refractivity contribution in [2.75, 3.05) is 6.61 Å². The Morgan fingerprint density at radius 3 is 2.94 bits per heavy atom. The fraction of sp³-hybridized carbons (Fsp3) is 0.286. The fourth-order valence-electron chi connectivity index (χ4n) is 2.42. The van der Waals surface area contributed by atoms with Crippen molar-refractivity contribution < 1.29 is 4.74 Å². The van der Waals surface area contributed by atoms with Gasteiger partial charge in [-0.1, -0.05) is 24.3 Å². The molecule has 1 aromatic carbocycles. The second kappa shape index (κ2) is 4.51. The van der Waals surface area contributed by atoms with Gasteiger partial charge in [0.25, 0.3) is 0 Å². The molecule has 3 rings (SSSR count). The van der Waals surface area contributed by atoms with E-state index in [9.17, 15) is 0 Å². The molecule has 0 saturated heterocycles. The van der Waals surface area contributed by atoms with Crippen LogP contribution in [0.5, 0.6) is 5.75 Å². The lowest BCUT2D eigenvalue weighted by molar-refractivity contribution is 0.256. The number of thiophene rings is 1. The first-order chi connectivity index (χ1) is 8.36. The van der Waals surface area contributed by atoms with Crippen LogP contribution in [0.2, 0.25) is 0 Å². The van der Waals surface area contributed by atoms with Crippen LogP contribution in [0.15, 0.2) is 41.8 Å². The van der Waals surface area contributed by atoms with E-state index in [4.69, 9.17) is 10.5 Å². The molecule has 2 heterocycles. The number of fused-ring (bicyclic) bond motifs is 1. The molecule has 0 radical (unpaired) electrons. The normalized spacial score (nSPS) is 20.4. The van der Waals surface area contributed by atoms with Crippen molar-refractivity contribution in [2.45, 2.75) is 18.4 Å². The van der Waals surface area contributed by atoms with Crippen molar-refractivity contribution in [1.29, 1.82) is 0 Å². The van der Waals surface area contributed by atoms with E-state index < -0.39 is 0 Å². The lowest BCUT2D eigenvalue weighted by atomic mass is 9.86. The molecule has 2 nitrogen and oxygen atoms in total. The smallest absolute Gasteiger partial charge is 0.122 e. The van der Waals surface area contributed by atoms with Crippen LogP contribution in [0.25, 0.3) is 0 Å². The number of hydrogen-bond donors (Lipinski definition) is 1. The summed E-state index contributed by atoms with van der Waals surface area (Å²) in [5.41, 5.74) is 7.63. The number of benzene rings is 1. The third-order valence-corrected chi connectivity index (χ3v) is 4.28. The third kappa shape index (κ3) is 1.96. The van der Waals surface area contributed by atoms with Gasteiger partial charge < -0.3 is 10.5 Å². The van der Waals surface area contributed by atoms with Crippen molar-refractivity contribution in [3.05, 3.63) is 52.2 Å². The molecule has 2 aromatic rings. The van der Waals surface area contributed by atoms with Crippen LogP contribution in [0, 0.1) is 0 Å². The molecule has 0 amide bonds. The predicted octanol–water partition coefficient (Wildman–Crippen LogP) is 3.31. The molecule has 2 atom stereocenters. The first kappa shape index (κ1) is 10.8. The van der Waals surface area contributed by atoms with Crippen LogP contribution >= 0.6 is 11.3 Å². The monoisotopic (exact) mass is 245 g/mol. The summed E-state index contributed by atoms with van der Waals surface area (Å²) >= 11 is 1.73. The Balaban J connectivity index is 1.95. The maximum Gasteiger partial charge on any atom is 0.122 e. The van der Waals surface area contributed by atoms with E-state index in [1.54, 1.807) is 11.3 Å².